The van der Waals surface area contributed by atoms with Crippen molar-refractivity contribution in [2.45, 2.75) is 36.2 Å². The van der Waals surface area contributed by atoms with Crippen molar-refractivity contribution < 1.29 is 13.5 Å². The van der Waals surface area contributed by atoms with Gasteiger partial charge in [-0.05, 0) is 18.9 Å². The molecule has 1 saturated carbocycles. The van der Waals surface area contributed by atoms with Gasteiger partial charge in [0.05, 0.1) is 10.5 Å². The van der Waals surface area contributed by atoms with E-state index < -0.39 is 15.6 Å². The third-order valence-corrected chi connectivity index (χ3v) is 5.35. The second-order valence-electron chi connectivity index (χ2n) is 5.21. The van der Waals surface area contributed by atoms with Crippen LogP contribution in [0.5, 0.6) is 0 Å². The van der Waals surface area contributed by atoms with Gasteiger partial charge in [-0.3, -0.25) is 0 Å². The van der Waals surface area contributed by atoms with Crippen LogP contribution in [0.4, 0.5) is 0 Å². The maximum atomic E-state index is 12.3. The molecule has 0 bridgehead atoms. The van der Waals surface area contributed by atoms with Crippen LogP contribution in [0.25, 0.3) is 0 Å². The van der Waals surface area contributed by atoms with E-state index in [9.17, 15) is 13.5 Å². The van der Waals surface area contributed by atoms with Gasteiger partial charge in [0.2, 0.25) is 10.0 Å². The van der Waals surface area contributed by atoms with Gasteiger partial charge in [-0.15, -0.1) is 0 Å². The zero-order valence-corrected chi connectivity index (χ0v) is 11.7. The van der Waals surface area contributed by atoms with Crippen molar-refractivity contribution in [3.8, 4) is 0 Å². The van der Waals surface area contributed by atoms with Crippen LogP contribution in [0, 0.1) is 0 Å². The number of sulfonamides is 1. The summed E-state index contributed by atoms with van der Waals surface area (Å²) < 4.78 is 27.5. The molecule has 0 unspecified atom stereocenters. The van der Waals surface area contributed by atoms with Crippen LogP contribution in [0.15, 0.2) is 23.4 Å². The van der Waals surface area contributed by atoms with Crippen LogP contribution >= 0.6 is 0 Å². The van der Waals surface area contributed by atoms with Gasteiger partial charge >= 0.3 is 0 Å². The molecule has 2 rings (SSSR count). The summed E-state index contributed by atoms with van der Waals surface area (Å²) in [6.45, 7) is 0.171. The molecule has 1 N–H and O–H groups in total. The zero-order chi connectivity index (χ0) is 13.4. The van der Waals surface area contributed by atoms with Crippen molar-refractivity contribution in [3.63, 3.8) is 0 Å². The Bertz CT molecular complexity index is 515. The van der Waals surface area contributed by atoms with Crippen molar-refractivity contribution in [1.29, 1.82) is 0 Å². The Morgan fingerprint density at radius 2 is 2.06 bits per heavy atom. The Balaban J connectivity index is 2.15. The molecule has 0 amide bonds. The summed E-state index contributed by atoms with van der Waals surface area (Å²) in [5.74, 6) is 0. The van der Waals surface area contributed by atoms with E-state index >= 15 is 0 Å². The molecule has 0 atom stereocenters. The molecule has 0 saturated heterocycles. The molecule has 1 aliphatic carbocycles. The van der Waals surface area contributed by atoms with Gasteiger partial charge < -0.3 is 9.67 Å². The van der Waals surface area contributed by atoms with Crippen LogP contribution in [-0.4, -0.2) is 41.6 Å². The summed E-state index contributed by atoms with van der Waals surface area (Å²) in [7, 11) is -0.184. The molecule has 18 heavy (non-hydrogen) atoms. The summed E-state index contributed by atoms with van der Waals surface area (Å²) in [5, 5.41) is 10.3. The molecule has 102 valence electrons. The lowest BCUT2D eigenvalue weighted by Crippen LogP contribution is -2.41. The molecule has 1 aliphatic rings. The first-order valence-corrected chi connectivity index (χ1v) is 7.58. The molecule has 1 heterocycles. The van der Waals surface area contributed by atoms with Gasteiger partial charge in [-0.2, -0.15) is 4.31 Å². The highest BCUT2D eigenvalue weighted by molar-refractivity contribution is 7.89. The standard InChI is InChI=1S/C12H20N2O3S/c1-13-8-5-11(9-13)18(16,17)14(2)10-12(15)6-3-4-7-12/h5,8-9,15H,3-4,6-7,10H2,1-2H3. The van der Waals surface area contributed by atoms with Gasteiger partial charge in [-0.1, -0.05) is 12.8 Å². The Morgan fingerprint density at radius 3 is 2.56 bits per heavy atom. The Hall–Kier alpha value is -0.850. The highest BCUT2D eigenvalue weighted by Crippen LogP contribution is 2.31. The van der Waals surface area contributed by atoms with E-state index in [0.29, 0.717) is 12.8 Å². The monoisotopic (exact) mass is 272 g/mol. The maximum Gasteiger partial charge on any atom is 0.244 e. The fourth-order valence-corrected chi connectivity index (χ4v) is 3.80. The van der Waals surface area contributed by atoms with Crippen LogP contribution in [0.1, 0.15) is 25.7 Å². The van der Waals surface area contributed by atoms with E-state index in [2.05, 4.69) is 0 Å². The van der Waals surface area contributed by atoms with E-state index in [0.717, 1.165) is 12.8 Å². The number of aliphatic hydroxyl groups is 1. The van der Waals surface area contributed by atoms with Crippen LogP contribution in [0.3, 0.4) is 0 Å². The molecular formula is C12H20N2O3S. The number of nitrogens with zero attached hydrogens (tertiary/aromatic N) is 2. The van der Waals surface area contributed by atoms with Crippen molar-refractivity contribution in [2.24, 2.45) is 7.05 Å². The fraction of sp³-hybridized carbons (Fsp3) is 0.667. The van der Waals surface area contributed by atoms with E-state index in [1.807, 2.05) is 0 Å². The number of likely N-dealkylation sites (N-methyl/N-ethyl adjacent to an activating group) is 1. The summed E-state index contributed by atoms with van der Waals surface area (Å²) in [5.41, 5.74) is -0.851. The Labute approximate surface area is 108 Å². The molecule has 1 fully saturated rings. The normalized spacial score (nSPS) is 19.6. The van der Waals surface area contributed by atoms with Gasteiger partial charge in [0, 0.05) is 33.0 Å². The molecule has 5 nitrogen and oxygen atoms in total. The number of aryl methyl sites for hydroxylation is 1. The van der Waals surface area contributed by atoms with Crippen molar-refractivity contribution in [3.05, 3.63) is 18.5 Å². The minimum atomic E-state index is -3.49. The average Bonchev–Trinajstić information content (AvgIpc) is 2.87. The zero-order valence-electron chi connectivity index (χ0n) is 10.8. The Kier molecular flexibility index (Phi) is 3.53. The lowest BCUT2D eigenvalue weighted by Gasteiger charge is -2.27. The molecule has 1 aromatic rings. The second kappa shape index (κ2) is 4.68. The minimum absolute atomic E-state index is 0.171. The second-order valence-corrected chi connectivity index (χ2v) is 7.25. The number of hydrogen-bond acceptors (Lipinski definition) is 3. The number of rotatable bonds is 4. The van der Waals surface area contributed by atoms with E-state index in [1.54, 1.807) is 30.1 Å². The topological polar surface area (TPSA) is 62.5 Å². The molecular weight excluding hydrogens is 252 g/mol. The molecule has 0 aliphatic heterocycles. The maximum absolute atomic E-state index is 12.3. The van der Waals surface area contributed by atoms with Crippen LogP contribution in [-0.2, 0) is 17.1 Å². The first-order chi connectivity index (χ1) is 8.33. The first-order valence-electron chi connectivity index (χ1n) is 6.14. The van der Waals surface area contributed by atoms with Gasteiger partial charge in [-0.25, -0.2) is 8.42 Å². The lowest BCUT2D eigenvalue weighted by molar-refractivity contribution is 0.0333. The average molecular weight is 272 g/mol. The molecule has 0 aromatic carbocycles. The highest BCUT2D eigenvalue weighted by atomic mass is 32.2. The number of aromatic nitrogens is 1. The fourth-order valence-electron chi connectivity index (χ4n) is 2.50. The third-order valence-electron chi connectivity index (χ3n) is 3.56. The van der Waals surface area contributed by atoms with E-state index in [1.165, 1.54) is 11.4 Å². The summed E-state index contributed by atoms with van der Waals surface area (Å²) in [6, 6.07) is 1.57. The summed E-state index contributed by atoms with van der Waals surface area (Å²) in [6.07, 6.45) is 6.57. The number of hydrogen-bond donors (Lipinski definition) is 1. The smallest absolute Gasteiger partial charge is 0.244 e. The lowest BCUT2D eigenvalue weighted by atomic mass is 10.0. The van der Waals surface area contributed by atoms with Gasteiger partial charge in [0.1, 0.15) is 0 Å². The third kappa shape index (κ3) is 2.60. The van der Waals surface area contributed by atoms with Crippen molar-refractivity contribution in [2.75, 3.05) is 13.6 Å². The first kappa shape index (κ1) is 13.6. The van der Waals surface area contributed by atoms with Crippen molar-refractivity contribution >= 4 is 10.0 Å². The van der Waals surface area contributed by atoms with Crippen LogP contribution < -0.4 is 0 Å². The quantitative estimate of drug-likeness (QED) is 0.887. The molecule has 1 aromatic heterocycles. The molecule has 6 heteroatoms. The summed E-state index contributed by atoms with van der Waals surface area (Å²) in [4.78, 5) is 0.272. The van der Waals surface area contributed by atoms with Gasteiger partial charge in [0.15, 0.2) is 0 Å². The van der Waals surface area contributed by atoms with Crippen LogP contribution in [0.2, 0.25) is 0 Å². The predicted molar refractivity (Wildman–Crippen MR) is 68.6 cm³/mol. The predicted octanol–water partition coefficient (Wildman–Crippen LogP) is 0.951. The van der Waals surface area contributed by atoms with E-state index in [4.69, 9.17) is 0 Å². The summed E-state index contributed by atoms with van der Waals surface area (Å²) >= 11 is 0. The molecule has 0 spiro atoms. The highest BCUT2D eigenvalue weighted by Gasteiger charge is 2.35. The Morgan fingerprint density at radius 1 is 1.44 bits per heavy atom. The van der Waals surface area contributed by atoms with Crippen molar-refractivity contribution in [1.82, 2.24) is 8.87 Å². The largest absolute Gasteiger partial charge is 0.389 e. The van der Waals surface area contributed by atoms with E-state index in [-0.39, 0.29) is 11.4 Å². The molecule has 0 radical (unpaired) electrons. The minimum Gasteiger partial charge on any atom is -0.389 e. The SMILES string of the molecule is CN(CC1(O)CCCC1)S(=O)(=O)c1ccn(C)c1. The van der Waals surface area contributed by atoms with Gasteiger partial charge in [0.25, 0.3) is 0 Å².